The van der Waals surface area contributed by atoms with Gasteiger partial charge in [0.15, 0.2) is 0 Å². The lowest BCUT2D eigenvalue weighted by Crippen LogP contribution is -2.40. The molecule has 0 spiro atoms. The smallest absolute Gasteiger partial charge is 0.322 e. The molecule has 0 bridgehead atoms. The third kappa shape index (κ3) is 1.84. The molecule has 1 aromatic carbocycles. The van der Waals surface area contributed by atoms with Crippen molar-refractivity contribution < 1.29 is 9.59 Å². The fourth-order valence-corrected chi connectivity index (χ4v) is 1.74. The Morgan fingerprint density at radius 1 is 1.29 bits per heavy atom. The lowest BCUT2D eigenvalue weighted by Gasteiger charge is -2.20. The minimum absolute atomic E-state index is 0.359. The Morgan fingerprint density at radius 3 is 2.41 bits per heavy atom. The highest BCUT2D eigenvalue weighted by Gasteiger charge is 2.43. The SMILES string of the molecule is C[C@]1(c2ccc(C=NN)cc2)NC(=O)NC1=O. The van der Waals surface area contributed by atoms with Crippen LogP contribution in [-0.2, 0) is 10.3 Å². The summed E-state index contributed by atoms with van der Waals surface area (Å²) in [7, 11) is 0. The summed E-state index contributed by atoms with van der Waals surface area (Å²) in [6, 6.07) is 6.57. The molecule has 6 nitrogen and oxygen atoms in total. The molecule has 3 amide bonds. The van der Waals surface area contributed by atoms with Crippen molar-refractivity contribution in [2.75, 3.05) is 0 Å². The van der Waals surface area contributed by atoms with Crippen LogP contribution in [0.5, 0.6) is 0 Å². The van der Waals surface area contributed by atoms with Gasteiger partial charge in [-0.25, -0.2) is 4.79 Å². The van der Waals surface area contributed by atoms with Gasteiger partial charge in [0.1, 0.15) is 5.54 Å². The number of imide groups is 1. The molecule has 2 rings (SSSR count). The highest BCUT2D eigenvalue weighted by atomic mass is 16.2. The second-order valence-corrected chi connectivity index (χ2v) is 3.93. The first-order valence-electron chi connectivity index (χ1n) is 5.03. The number of rotatable bonds is 2. The highest BCUT2D eigenvalue weighted by molar-refractivity contribution is 6.07. The van der Waals surface area contributed by atoms with Gasteiger partial charge in [-0.1, -0.05) is 24.3 Å². The van der Waals surface area contributed by atoms with Gasteiger partial charge in [0.2, 0.25) is 0 Å². The molecule has 1 aliphatic rings. The first-order valence-corrected chi connectivity index (χ1v) is 5.03. The van der Waals surface area contributed by atoms with Gasteiger partial charge < -0.3 is 11.2 Å². The van der Waals surface area contributed by atoms with Gasteiger partial charge in [-0.3, -0.25) is 10.1 Å². The first kappa shape index (κ1) is 11.1. The van der Waals surface area contributed by atoms with E-state index in [0.717, 1.165) is 5.56 Å². The van der Waals surface area contributed by atoms with Gasteiger partial charge >= 0.3 is 6.03 Å². The second kappa shape index (κ2) is 3.89. The summed E-state index contributed by atoms with van der Waals surface area (Å²) >= 11 is 0. The number of urea groups is 1. The van der Waals surface area contributed by atoms with E-state index in [1.54, 1.807) is 31.2 Å². The molecule has 0 aliphatic carbocycles. The highest BCUT2D eigenvalue weighted by Crippen LogP contribution is 2.24. The quantitative estimate of drug-likeness (QED) is 0.290. The van der Waals surface area contributed by atoms with Crippen molar-refractivity contribution in [2.24, 2.45) is 10.9 Å². The van der Waals surface area contributed by atoms with E-state index in [0.29, 0.717) is 5.56 Å². The summed E-state index contributed by atoms with van der Waals surface area (Å²) < 4.78 is 0. The molecule has 1 fully saturated rings. The number of nitrogens with one attached hydrogen (secondary N) is 2. The molecule has 1 atom stereocenters. The predicted octanol–water partition coefficient (Wildman–Crippen LogP) is 0.0338. The Hall–Kier alpha value is -2.37. The van der Waals surface area contributed by atoms with Crippen LogP contribution in [0.1, 0.15) is 18.1 Å². The van der Waals surface area contributed by atoms with Gasteiger partial charge in [-0.15, -0.1) is 0 Å². The lowest BCUT2D eigenvalue weighted by atomic mass is 9.92. The fourth-order valence-electron chi connectivity index (χ4n) is 1.74. The van der Waals surface area contributed by atoms with E-state index in [1.807, 2.05) is 0 Å². The Balaban J connectivity index is 2.34. The number of nitrogens with two attached hydrogens (primary N) is 1. The van der Waals surface area contributed by atoms with Crippen LogP contribution in [0.15, 0.2) is 29.4 Å². The van der Waals surface area contributed by atoms with Gasteiger partial charge in [0.25, 0.3) is 5.91 Å². The van der Waals surface area contributed by atoms with Crippen LogP contribution in [-0.4, -0.2) is 18.2 Å². The largest absolute Gasteiger partial charge is 0.323 e. The summed E-state index contributed by atoms with van der Waals surface area (Å²) in [5.74, 6) is 4.68. The normalized spacial score (nSPS) is 23.8. The van der Waals surface area contributed by atoms with Crippen molar-refractivity contribution in [1.82, 2.24) is 10.6 Å². The van der Waals surface area contributed by atoms with Crippen molar-refractivity contribution in [2.45, 2.75) is 12.5 Å². The van der Waals surface area contributed by atoms with Crippen LogP contribution in [0.3, 0.4) is 0 Å². The maximum atomic E-state index is 11.7. The van der Waals surface area contributed by atoms with Gasteiger partial charge in [-0.2, -0.15) is 5.10 Å². The number of amides is 3. The third-order valence-corrected chi connectivity index (χ3v) is 2.76. The van der Waals surface area contributed by atoms with Gasteiger partial charge in [-0.05, 0) is 18.1 Å². The summed E-state index contributed by atoms with van der Waals surface area (Å²) in [5.41, 5.74) is 0.509. The van der Waals surface area contributed by atoms with Crippen molar-refractivity contribution in [3.63, 3.8) is 0 Å². The van der Waals surface area contributed by atoms with E-state index in [2.05, 4.69) is 15.7 Å². The van der Waals surface area contributed by atoms with Crippen LogP contribution < -0.4 is 16.5 Å². The number of carbonyl (C=O) groups is 2. The molecule has 0 unspecified atom stereocenters. The van der Waals surface area contributed by atoms with E-state index in [-0.39, 0.29) is 5.91 Å². The monoisotopic (exact) mass is 232 g/mol. The third-order valence-electron chi connectivity index (χ3n) is 2.76. The van der Waals surface area contributed by atoms with Gasteiger partial charge in [0, 0.05) is 0 Å². The fraction of sp³-hybridized carbons (Fsp3) is 0.182. The molecule has 1 saturated heterocycles. The molecule has 1 heterocycles. The number of benzene rings is 1. The number of hydrogen-bond acceptors (Lipinski definition) is 4. The standard InChI is InChI=1S/C11H12N4O2/c1-11(9(16)14-10(17)15-11)8-4-2-7(3-5-8)6-13-12/h2-6H,12H2,1H3,(H2,14,15,16,17)/t11-/m1/s1. The number of hydrogen-bond donors (Lipinski definition) is 3. The molecule has 0 aromatic heterocycles. The molecule has 6 heteroatoms. The average Bonchev–Trinajstić information content (AvgIpc) is 2.55. The number of nitrogens with zero attached hydrogens (tertiary/aromatic N) is 1. The molecule has 4 N–H and O–H groups in total. The van der Waals surface area contributed by atoms with Gasteiger partial charge in [0.05, 0.1) is 6.21 Å². The van der Waals surface area contributed by atoms with E-state index in [4.69, 9.17) is 5.84 Å². The summed E-state index contributed by atoms with van der Waals surface area (Å²) in [6.45, 7) is 1.65. The zero-order valence-electron chi connectivity index (χ0n) is 9.23. The maximum Gasteiger partial charge on any atom is 0.322 e. The van der Waals surface area contributed by atoms with E-state index in [1.165, 1.54) is 6.21 Å². The van der Waals surface area contributed by atoms with Crippen molar-refractivity contribution >= 4 is 18.2 Å². The predicted molar refractivity (Wildman–Crippen MR) is 62.2 cm³/mol. The maximum absolute atomic E-state index is 11.7. The topological polar surface area (TPSA) is 96.6 Å². The minimum atomic E-state index is -1.02. The molecule has 0 radical (unpaired) electrons. The molecule has 17 heavy (non-hydrogen) atoms. The number of hydrazone groups is 1. The Labute approximate surface area is 97.9 Å². The second-order valence-electron chi connectivity index (χ2n) is 3.93. The summed E-state index contributed by atoms with van der Waals surface area (Å²) in [5, 5.41) is 8.20. The van der Waals surface area contributed by atoms with Crippen LogP contribution in [0.4, 0.5) is 4.79 Å². The molecule has 1 aromatic rings. The van der Waals surface area contributed by atoms with Crippen molar-refractivity contribution in [3.8, 4) is 0 Å². The zero-order chi connectivity index (χ0) is 12.5. The summed E-state index contributed by atoms with van der Waals surface area (Å²) in [4.78, 5) is 22.8. The van der Waals surface area contributed by atoms with Crippen LogP contribution in [0.2, 0.25) is 0 Å². The molecular weight excluding hydrogens is 220 g/mol. The Morgan fingerprint density at radius 2 is 1.94 bits per heavy atom. The van der Waals surface area contributed by atoms with Crippen molar-refractivity contribution in [3.05, 3.63) is 35.4 Å². The first-order chi connectivity index (χ1) is 8.06. The van der Waals surface area contributed by atoms with Crippen molar-refractivity contribution in [1.29, 1.82) is 0 Å². The molecular formula is C11H12N4O2. The molecule has 0 saturated carbocycles. The zero-order valence-corrected chi connectivity index (χ0v) is 9.23. The molecule has 88 valence electrons. The van der Waals surface area contributed by atoms with E-state index >= 15 is 0 Å². The van der Waals surface area contributed by atoms with E-state index in [9.17, 15) is 9.59 Å². The Kier molecular flexibility index (Phi) is 2.55. The number of carbonyl (C=O) groups excluding carboxylic acids is 2. The van der Waals surface area contributed by atoms with Crippen LogP contribution in [0, 0.1) is 0 Å². The molecule has 1 aliphatic heterocycles. The average molecular weight is 232 g/mol. The summed E-state index contributed by atoms with van der Waals surface area (Å²) in [6.07, 6.45) is 1.50. The Bertz CT molecular complexity index is 495. The van der Waals surface area contributed by atoms with E-state index < -0.39 is 11.6 Å². The lowest BCUT2D eigenvalue weighted by molar-refractivity contribution is -0.123. The van der Waals surface area contributed by atoms with Crippen LogP contribution >= 0.6 is 0 Å². The minimum Gasteiger partial charge on any atom is -0.323 e. The van der Waals surface area contributed by atoms with Crippen LogP contribution in [0.25, 0.3) is 0 Å².